The molecule has 0 fully saturated rings. The van der Waals surface area contributed by atoms with E-state index in [1.165, 1.54) is 11.8 Å². The Morgan fingerprint density at radius 3 is 2.03 bits per heavy atom. The average molecular weight is 572 g/mol. The fourth-order valence-corrected chi connectivity index (χ4v) is 5.15. The maximum Gasteiger partial charge on any atom is 0.338 e. The molecule has 0 aliphatic heterocycles. The molecule has 0 bridgehead atoms. The minimum absolute atomic E-state index is 0.151. The largest absolute Gasteiger partial charge is 0.478 e. The normalized spacial score (nSPS) is 11.6. The lowest BCUT2D eigenvalue weighted by Gasteiger charge is -2.16. The Bertz CT molecular complexity index is 1290. The van der Waals surface area contributed by atoms with Gasteiger partial charge < -0.3 is 15.7 Å². The summed E-state index contributed by atoms with van der Waals surface area (Å²) in [4.78, 5) is 38.2. The minimum atomic E-state index is -1.49. The number of anilines is 2. The zero-order valence-corrected chi connectivity index (χ0v) is 21.9. The van der Waals surface area contributed by atoms with Crippen molar-refractivity contribution in [3.8, 4) is 0 Å². The van der Waals surface area contributed by atoms with E-state index in [-0.39, 0.29) is 26.2 Å². The van der Waals surface area contributed by atoms with E-state index >= 15 is 0 Å². The minimum Gasteiger partial charge on any atom is -0.478 e. The molecule has 0 saturated heterocycles. The summed E-state index contributed by atoms with van der Waals surface area (Å²) in [6.07, 6.45) is 0.569. The second kappa shape index (κ2) is 12.0. The molecule has 0 aliphatic carbocycles. The number of carboxylic acids is 1. The number of thioether (sulfide) groups is 1. The van der Waals surface area contributed by atoms with E-state index in [0.29, 0.717) is 17.8 Å². The highest BCUT2D eigenvalue weighted by atomic mass is 35.5. The summed E-state index contributed by atoms with van der Waals surface area (Å²) in [6, 6.07) is 15.9. The van der Waals surface area contributed by atoms with Crippen LogP contribution in [0.2, 0.25) is 20.1 Å². The van der Waals surface area contributed by atoms with Crippen molar-refractivity contribution in [2.45, 2.75) is 23.5 Å². The summed E-state index contributed by atoms with van der Waals surface area (Å²) in [5.74, 6) is -2.47. The van der Waals surface area contributed by atoms with Gasteiger partial charge in [-0.15, -0.1) is 11.8 Å². The first-order valence-electron chi connectivity index (χ1n) is 10.2. The number of amides is 2. The molecule has 0 aromatic heterocycles. The highest BCUT2D eigenvalue weighted by Crippen LogP contribution is 2.42. The van der Waals surface area contributed by atoms with E-state index in [9.17, 15) is 19.5 Å². The molecule has 0 aliphatic rings. The number of benzene rings is 3. The summed E-state index contributed by atoms with van der Waals surface area (Å²) < 4.78 is 0. The molecule has 182 valence electrons. The Balaban J connectivity index is 1.82. The smallest absolute Gasteiger partial charge is 0.338 e. The quantitative estimate of drug-likeness (QED) is 0.146. The van der Waals surface area contributed by atoms with Crippen LogP contribution in [-0.4, -0.2) is 28.1 Å². The molecule has 2 amide bonds. The van der Waals surface area contributed by atoms with Crippen LogP contribution in [0.5, 0.6) is 0 Å². The van der Waals surface area contributed by atoms with E-state index in [1.54, 1.807) is 36.4 Å². The molecule has 3 aromatic rings. The fraction of sp³-hybridized carbons (Fsp3) is 0.125. The molecule has 0 spiro atoms. The Kier molecular flexibility index (Phi) is 9.33. The Morgan fingerprint density at radius 2 is 1.43 bits per heavy atom. The molecule has 0 heterocycles. The Morgan fingerprint density at radius 1 is 0.829 bits per heavy atom. The molecule has 3 N–H and O–H groups in total. The second-order valence-corrected chi connectivity index (χ2v) is 9.95. The summed E-state index contributed by atoms with van der Waals surface area (Å²) in [7, 11) is 0. The predicted octanol–water partition coefficient (Wildman–Crippen LogP) is 7.76. The number of aromatic carboxylic acids is 1. The predicted molar refractivity (Wildman–Crippen MR) is 143 cm³/mol. The Labute approximate surface area is 225 Å². The van der Waals surface area contributed by atoms with Crippen LogP contribution in [0.25, 0.3) is 0 Å². The van der Waals surface area contributed by atoms with Crippen LogP contribution >= 0.6 is 58.2 Å². The van der Waals surface area contributed by atoms with Gasteiger partial charge in [-0.05, 0) is 36.8 Å². The van der Waals surface area contributed by atoms with Gasteiger partial charge in [-0.25, -0.2) is 4.79 Å². The molecule has 35 heavy (non-hydrogen) atoms. The van der Waals surface area contributed by atoms with E-state index in [2.05, 4.69) is 10.6 Å². The molecular weight excluding hydrogens is 554 g/mol. The van der Waals surface area contributed by atoms with Gasteiger partial charge in [0.15, 0.2) is 0 Å². The van der Waals surface area contributed by atoms with Crippen LogP contribution in [0.3, 0.4) is 0 Å². The third-order valence-corrected chi connectivity index (χ3v) is 7.94. The maximum absolute atomic E-state index is 13.0. The summed E-state index contributed by atoms with van der Waals surface area (Å²) in [5.41, 5.74) is 0.0832. The number of hydrogen-bond donors (Lipinski definition) is 3. The van der Waals surface area contributed by atoms with Gasteiger partial charge in [-0.3, -0.25) is 9.59 Å². The molecule has 0 radical (unpaired) electrons. The second-order valence-electron chi connectivity index (χ2n) is 7.16. The lowest BCUT2D eigenvalue weighted by molar-refractivity contribution is -0.115. The summed E-state index contributed by atoms with van der Waals surface area (Å²) in [6.45, 7) is 1.90. The van der Waals surface area contributed by atoms with Gasteiger partial charge in [0.25, 0.3) is 5.91 Å². The molecule has 1 atom stereocenters. The number of carboxylic acid groups (broad SMARTS) is 1. The van der Waals surface area contributed by atoms with Crippen LogP contribution in [0.15, 0.2) is 59.5 Å². The van der Waals surface area contributed by atoms with Gasteiger partial charge in [-0.2, -0.15) is 0 Å². The molecule has 3 rings (SSSR count). The van der Waals surface area contributed by atoms with Crippen molar-refractivity contribution in [2.75, 3.05) is 10.6 Å². The topological polar surface area (TPSA) is 95.5 Å². The van der Waals surface area contributed by atoms with Gasteiger partial charge in [0.05, 0.1) is 36.5 Å². The highest BCUT2D eigenvalue weighted by Gasteiger charge is 2.29. The Hall–Kier alpha value is -2.42. The third-order valence-electron chi connectivity index (χ3n) is 4.78. The van der Waals surface area contributed by atoms with Gasteiger partial charge in [0.1, 0.15) is 0 Å². The number of halogens is 4. The molecule has 3 aromatic carbocycles. The van der Waals surface area contributed by atoms with Crippen molar-refractivity contribution in [3.63, 3.8) is 0 Å². The first-order valence-corrected chi connectivity index (χ1v) is 12.6. The molecular formula is C24H18Cl4N2O4S. The van der Waals surface area contributed by atoms with Gasteiger partial charge in [0, 0.05) is 16.3 Å². The van der Waals surface area contributed by atoms with Crippen LogP contribution in [-0.2, 0) is 4.79 Å². The van der Waals surface area contributed by atoms with Crippen LogP contribution < -0.4 is 10.6 Å². The number of nitrogens with one attached hydrogen (secondary N) is 2. The lowest BCUT2D eigenvalue weighted by Crippen LogP contribution is -2.24. The van der Waals surface area contributed by atoms with Crippen molar-refractivity contribution < 1.29 is 19.5 Å². The number of rotatable bonds is 8. The SMILES string of the molecule is CCC(Sc1cccc(NC(=O)c2c(Cl)c(Cl)c(Cl)c(Cl)c2C(=O)O)c1)C(=O)Nc1ccccc1. The van der Waals surface area contributed by atoms with Gasteiger partial charge in [-0.1, -0.05) is 77.6 Å². The molecule has 1 unspecified atom stereocenters. The average Bonchev–Trinajstić information content (AvgIpc) is 2.83. The third kappa shape index (κ3) is 6.42. The highest BCUT2D eigenvalue weighted by molar-refractivity contribution is 8.00. The van der Waals surface area contributed by atoms with E-state index in [4.69, 9.17) is 46.4 Å². The zero-order valence-electron chi connectivity index (χ0n) is 18.1. The number of carbonyl (C=O) groups is 3. The molecule has 11 heteroatoms. The van der Waals surface area contributed by atoms with Crippen LogP contribution in [0, 0.1) is 0 Å². The van der Waals surface area contributed by atoms with Crippen molar-refractivity contribution in [2.24, 2.45) is 0 Å². The monoisotopic (exact) mass is 570 g/mol. The zero-order chi connectivity index (χ0) is 25.7. The van der Waals surface area contributed by atoms with Crippen molar-refractivity contribution in [3.05, 3.63) is 85.8 Å². The van der Waals surface area contributed by atoms with Crippen LogP contribution in [0.4, 0.5) is 11.4 Å². The van der Waals surface area contributed by atoms with Gasteiger partial charge in [0.2, 0.25) is 5.91 Å². The van der Waals surface area contributed by atoms with E-state index < -0.39 is 28.0 Å². The number of para-hydroxylation sites is 1. The lowest BCUT2D eigenvalue weighted by atomic mass is 10.1. The van der Waals surface area contributed by atoms with E-state index in [0.717, 1.165) is 4.90 Å². The van der Waals surface area contributed by atoms with Crippen molar-refractivity contribution in [1.29, 1.82) is 0 Å². The number of hydrogen-bond acceptors (Lipinski definition) is 4. The van der Waals surface area contributed by atoms with Crippen molar-refractivity contribution in [1.82, 2.24) is 0 Å². The summed E-state index contributed by atoms with van der Waals surface area (Å²) >= 11 is 25.5. The van der Waals surface area contributed by atoms with E-state index in [1.807, 2.05) is 25.1 Å². The first-order chi connectivity index (χ1) is 16.6. The summed E-state index contributed by atoms with van der Waals surface area (Å²) in [5, 5.41) is 13.5. The van der Waals surface area contributed by atoms with Gasteiger partial charge >= 0.3 is 5.97 Å². The molecule has 6 nitrogen and oxygen atoms in total. The number of carbonyl (C=O) groups excluding carboxylic acids is 2. The van der Waals surface area contributed by atoms with Crippen LogP contribution in [0.1, 0.15) is 34.1 Å². The first kappa shape index (κ1) is 27.2. The molecule has 0 saturated carbocycles. The van der Waals surface area contributed by atoms with Crippen molar-refractivity contribution >= 4 is 87.3 Å². The standard InChI is InChI=1S/C24H18Cl4N2O4S/c1-2-15(22(31)29-12-7-4-3-5-8-12)35-14-10-6-9-13(11-14)30-23(32)16-17(24(33)34)19(26)21(28)20(27)18(16)25/h3-11,15H,2H2,1H3,(H,29,31)(H,30,32)(H,33,34). The maximum atomic E-state index is 13.0. The fourth-order valence-electron chi connectivity index (χ4n) is 3.12.